The van der Waals surface area contributed by atoms with E-state index in [-0.39, 0.29) is 12.1 Å². The smallest absolute Gasteiger partial charge is 0.194 e. The van der Waals surface area contributed by atoms with Crippen molar-refractivity contribution in [3.05, 3.63) is 23.5 Å². The molecule has 1 rings (SSSR count). The number of hydrogen-bond donors (Lipinski definition) is 4. The summed E-state index contributed by atoms with van der Waals surface area (Å²) in [5, 5.41) is 30.1. The molecule has 5 heteroatoms. The number of phenolic OH excluding ortho intramolecular Hbond substituents is 2. The Balaban J connectivity index is 3.04. The summed E-state index contributed by atoms with van der Waals surface area (Å²) in [5.41, 5.74) is -0.0466. The van der Waals surface area contributed by atoms with Crippen molar-refractivity contribution >= 4 is 0 Å². The monoisotopic (exact) mass is 201 g/mol. The summed E-state index contributed by atoms with van der Waals surface area (Å²) in [6.07, 6.45) is -1.05. The van der Waals surface area contributed by atoms with Crippen molar-refractivity contribution in [2.75, 3.05) is 13.6 Å². The minimum atomic E-state index is -1.05. The highest BCUT2D eigenvalue weighted by Gasteiger charge is 2.17. The lowest BCUT2D eigenvalue weighted by Crippen LogP contribution is -2.17. The van der Waals surface area contributed by atoms with E-state index < -0.39 is 23.4 Å². The van der Waals surface area contributed by atoms with Crippen molar-refractivity contribution in [1.29, 1.82) is 0 Å². The van der Waals surface area contributed by atoms with Crippen LogP contribution in [0, 0.1) is 5.82 Å². The number of likely N-dealkylation sites (N-methyl/N-ethyl adjacent to an activating group) is 1. The fourth-order valence-electron chi connectivity index (χ4n) is 1.13. The van der Waals surface area contributed by atoms with E-state index in [2.05, 4.69) is 5.32 Å². The van der Waals surface area contributed by atoms with Gasteiger partial charge in [-0.1, -0.05) is 0 Å². The number of rotatable bonds is 3. The zero-order chi connectivity index (χ0) is 10.7. The average Bonchev–Trinajstić information content (AvgIpc) is 2.15. The third-order valence-electron chi connectivity index (χ3n) is 1.88. The molecule has 0 spiro atoms. The summed E-state index contributed by atoms with van der Waals surface area (Å²) < 4.78 is 13.2. The summed E-state index contributed by atoms with van der Waals surface area (Å²) in [5.74, 6) is -2.37. The molecule has 0 saturated heterocycles. The Labute approximate surface area is 80.6 Å². The van der Waals surface area contributed by atoms with Crippen LogP contribution in [-0.4, -0.2) is 28.9 Å². The van der Waals surface area contributed by atoms with E-state index in [1.807, 2.05) is 0 Å². The van der Waals surface area contributed by atoms with E-state index >= 15 is 0 Å². The first-order valence-corrected chi connectivity index (χ1v) is 4.11. The van der Waals surface area contributed by atoms with Crippen LogP contribution < -0.4 is 5.32 Å². The lowest BCUT2D eigenvalue weighted by molar-refractivity contribution is 0.171. The molecule has 0 amide bonds. The molecule has 0 aromatic heterocycles. The third kappa shape index (κ3) is 1.94. The summed E-state index contributed by atoms with van der Waals surface area (Å²) in [4.78, 5) is 0. The first kappa shape index (κ1) is 10.7. The van der Waals surface area contributed by atoms with Crippen molar-refractivity contribution in [3.63, 3.8) is 0 Å². The quantitative estimate of drug-likeness (QED) is 0.537. The van der Waals surface area contributed by atoms with Crippen LogP contribution in [0.4, 0.5) is 4.39 Å². The molecular weight excluding hydrogens is 189 g/mol. The summed E-state index contributed by atoms with van der Waals surface area (Å²) >= 11 is 0. The van der Waals surface area contributed by atoms with E-state index in [4.69, 9.17) is 10.2 Å². The minimum Gasteiger partial charge on any atom is -0.504 e. The molecular formula is C9H12FNO3. The molecule has 0 fully saturated rings. The van der Waals surface area contributed by atoms with Crippen molar-refractivity contribution in [2.24, 2.45) is 0 Å². The van der Waals surface area contributed by atoms with Gasteiger partial charge in [0.15, 0.2) is 17.3 Å². The fraction of sp³-hybridized carbons (Fsp3) is 0.333. The van der Waals surface area contributed by atoms with Gasteiger partial charge in [0.2, 0.25) is 0 Å². The van der Waals surface area contributed by atoms with Crippen LogP contribution in [0.5, 0.6) is 11.5 Å². The van der Waals surface area contributed by atoms with Crippen molar-refractivity contribution in [3.8, 4) is 11.5 Å². The fourth-order valence-corrected chi connectivity index (χ4v) is 1.13. The number of halogens is 1. The first-order valence-electron chi connectivity index (χ1n) is 4.11. The number of aromatic hydroxyl groups is 2. The molecule has 1 aromatic rings. The van der Waals surface area contributed by atoms with Crippen LogP contribution in [0.1, 0.15) is 11.7 Å². The third-order valence-corrected chi connectivity index (χ3v) is 1.88. The molecule has 14 heavy (non-hydrogen) atoms. The van der Waals surface area contributed by atoms with Gasteiger partial charge in [-0.05, 0) is 19.2 Å². The van der Waals surface area contributed by atoms with Gasteiger partial charge < -0.3 is 20.6 Å². The van der Waals surface area contributed by atoms with Crippen LogP contribution in [0.3, 0.4) is 0 Å². The van der Waals surface area contributed by atoms with Crippen LogP contribution in [0.2, 0.25) is 0 Å². The summed E-state index contributed by atoms with van der Waals surface area (Å²) in [7, 11) is 1.61. The SMILES string of the molecule is CNCC(O)c1ccc(O)c(O)c1F. The van der Waals surface area contributed by atoms with Gasteiger partial charge >= 0.3 is 0 Å². The number of benzene rings is 1. The minimum absolute atomic E-state index is 0.0466. The Kier molecular flexibility index (Phi) is 3.27. The summed E-state index contributed by atoms with van der Waals surface area (Å²) in [6, 6.07) is 2.36. The molecule has 1 atom stereocenters. The van der Waals surface area contributed by atoms with Crippen LogP contribution >= 0.6 is 0 Å². The molecule has 0 aliphatic carbocycles. The van der Waals surface area contributed by atoms with Crippen LogP contribution in [0.15, 0.2) is 12.1 Å². The predicted octanol–water partition coefficient (Wildman–Crippen LogP) is 0.490. The number of hydrogen-bond acceptors (Lipinski definition) is 4. The Morgan fingerprint density at radius 2 is 2.07 bits per heavy atom. The first-order chi connectivity index (χ1) is 6.57. The van der Waals surface area contributed by atoms with Crippen LogP contribution in [-0.2, 0) is 0 Å². The van der Waals surface area contributed by atoms with Gasteiger partial charge in [0.25, 0.3) is 0 Å². The van der Waals surface area contributed by atoms with Gasteiger partial charge in [0.1, 0.15) is 0 Å². The maximum atomic E-state index is 13.2. The van der Waals surface area contributed by atoms with E-state index in [1.54, 1.807) is 7.05 Å². The molecule has 4 N–H and O–H groups in total. The maximum absolute atomic E-state index is 13.2. The Morgan fingerprint density at radius 1 is 1.43 bits per heavy atom. The van der Waals surface area contributed by atoms with Gasteiger partial charge in [0, 0.05) is 12.1 Å². The van der Waals surface area contributed by atoms with Crippen molar-refractivity contribution < 1.29 is 19.7 Å². The van der Waals surface area contributed by atoms with Crippen LogP contribution in [0.25, 0.3) is 0 Å². The Hall–Kier alpha value is -1.33. The molecule has 0 aliphatic rings. The average molecular weight is 201 g/mol. The predicted molar refractivity (Wildman–Crippen MR) is 48.6 cm³/mol. The van der Waals surface area contributed by atoms with E-state index in [0.717, 1.165) is 6.07 Å². The Bertz CT molecular complexity index is 330. The molecule has 0 radical (unpaired) electrons. The zero-order valence-corrected chi connectivity index (χ0v) is 7.66. The van der Waals surface area contributed by atoms with E-state index in [1.165, 1.54) is 6.07 Å². The maximum Gasteiger partial charge on any atom is 0.194 e. The van der Waals surface area contributed by atoms with Gasteiger partial charge in [-0.25, -0.2) is 4.39 Å². The van der Waals surface area contributed by atoms with E-state index in [9.17, 15) is 9.50 Å². The standard InChI is InChI=1S/C9H12FNO3/c1-11-4-7(13)5-2-3-6(12)9(14)8(5)10/h2-3,7,11-14H,4H2,1H3. The largest absolute Gasteiger partial charge is 0.504 e. The second-order valence-corrected chi connectivity index (χ2v) is 2.91. The topological polar surface area (TPSA) is 72.7 Å². The molecule has 0 heterocycles. The van der Waals surface area contributed by atoms with Gasteiger partial charge in [-0.3, -0.25) is 0 Å². The lowest BCUT2D eigenvalue weighted by Gasteiger charge is -2.12. The molecule has 1 aromatic carbocycles. The highest BCUT2D eigenvalue weighted by atomic mass is 19.1. The lowest BCUT2D eigenvalue weighted by atomic mass is 10.1. The number of nitrogens with one attached hydrogen (secondary N) is 1. The van der Waals surface area contributed by atoms with Gasteiger partial charge in [-0.15, -0.1) is 0 Å². The summed E-state index contributed by atoms with van der Waals surface area (Å²) in [6.45, 7) is 0.168. The molecule has 78 valence electrons. The molecule has 4 nitrogen and oxygen atoms in total. The van der Waals surface area contributed by atoms with Gasteiger partial charge in [-0.2, -0.15) is 0 Å². The van der Waals surface area contributed by atoms with Crippen molar-refractivity contribution in [2.45, 2.75) is 6.10 Å². The number of aliphatic hydroxyl groups is 1. The number of aliphatic hydroxyl groups excluding tert-OH is 1. The normalized spacial score (nSPS) is 12.8. The molecule has 1 unspecified atom stereocenters. The second kappa shape index (κ2) is 4.26. The van der Waals surface area contributed by atoms with Crippen molar-refractivity contribution in [1.82, 2.24) is 5.32 Å². The van der Waals surface area contributed by atoms with E-state index in [0.29, 0.717) is 0 Å². The molecule has 0 saturated carbocycles. The molecule has 0 bridgehead atoms. The highest BCUT2D eigenvalue weighted by molar-refractivity contribution is 5.43. The number of phenols is 2. The highest BCUT2D eigenvalue weighted by Crippen LogP contribution is 2.32. The zero-order valence-electron chi connectivity index (χ0n) is 7.66. The Morgan fingerprint density at radius 3 is 2.64 bits per heavy atom. The van der Waals surface area contributed by atoms with Gasteiger partial charge in [0.05, 0.1) is 6.10 Å². The second-order valence-electron chi connectivity index (χ2n) is 2.91. The molecule has 0 aliphatic heterocycles.